The molecule has 8 nitrogen and oxygen atoms in total. The van der Waals surface area contributed by atoms with Crippen LogP contribution >= 0.6 is 0 Å². The summed E-state index contributed by atoms with van der Waals surface area (Å²) in [7, 11) is 0. The molecule has 3 rings (SSSR count). The number of imide groups is 1. The molecule has 1 aliphatic heterocycles. The lowest BCUT2D eigenvalue weighted by molar-refractivity contribution is -0.151. The molecule has 0 bridgehead atoms. The number of hydrogen-bond acceptors (Lipinski definition) is 5. The van der Waals surface area contributed by atoms with E-state index in [0.29, 0.717) is 12.3 Å². The van der Waals surface area contributed by atoms with Gasteiger partial charge in [-0.3, -0.25) is 19.3 Å². The fraction of sp³-hybridized carbons (Fsp3) is 0.778. The van der Waals surface area contributed by atoms with E-state index in [-0.39, 0.29) is 23.8 Å². The molecule has 144 valence electrons. The molecule has 4 amide bonds. The number of nitrogens with zero attached hydrogens (tertiary/aromatic N) is 1. The number of hydrogen-bond donors (Lipinski definition) is 2. The second-order valence-corrected chi connectivity index (χ2v) is 7.79. The maximum Gasteiger partial charge on any atom is 0.326 e. The van der Waals surface area contributed by atoms with Crippen LogP contribution in [0, 0.1) is 11.8 Å². The Morgan fingerprint density at radius 1 is 1.31 bits per heavy atom. The average Bonchev–Trinajstić information content (AvgIpc) is 3.41. The first kappa shape index (κ1) is 18.7. The molecule has 2 N–H and O–H groups in total. The van der Waals surface area contributed by atoms with Gasteiger partial charge in [0.15, 0.2) is 6.61 Å². The molecule has 0 aromatic heterocycles. The minimum absolute atomic E-state index is 0.0309. The van der Waals surface area contributed by atoms with E-state index in [2.05, 4.69) is 10.6 Å². The summed E-state index contributed by atoms with van der Waals surface area (Å²) in [5.74, 6) is -0.952. The monoisotopic (exact) mass is 365 g/mol. The van der Waals surface area contributed by atoms with Gasteiger partial charge in [0.2, 0.25) is 0 Å². The lowest BCUT2D eigenvalue weighted by Gasteiger charge is -2.36. The van der Waals surface area contributed by atoms with Crippen LogP contribution in [-0.4, -0.2) is 53.4 Å². The summed E-state index contributed by atoms with van der Waals surface area (Å²) in [5.41, 5.74) is -0.896. The first-order valence-electron chi connectivity index (χ1n) is 9.42. The summed E-state index contributed by atoms with van der Waals surface area (Å²) in [6, 6.07) is -0.493. The van der Waals surface area contributed by atoms with Crippen molar-refractivity contribution in [2.75, 3.05) is 13.2 Å². The molecule has 0 aromatic rings. The second-order valence-electron chi connectivity index (χ2n) is 7.79. The number of urea groups is 1. The van der Waals surface area contributed by atoms with E-state index in [1.54, 1.807) is 0 Å². The number of carbonyl (C=O) groups excluding carboxylic acids is 4. The summed E-state index contributed by atoms with van der Waals surface area (Å²) < 4.78 is 4.94. The normalized spacial score (nSPS) is 29.5. The van der Waals surface area contributed by atoms with E-state index in [9.17, 15) is 19.2 Å². The van der Waals surface area contributed by atoms with Gasteiger partial charge in [-0.1, -0.05) is 19.8 Å². The molecule has 1 saturated heterocycles. The quantitative estimate of drug-likeness (QED) is 0.538. The molecule has 1 spiro atoms. The molecule has 3 aliphatic rings. The average molecular weight is 365 g/mol. The molecule has 0 radical (unpaired) electrons. The minimum Gasteiger partial charge on any atom is -0.454 e. The van der Waals surface area contributed by atoms with Crippen LogP contribution in [0.3, 0.4) is 0 Å². The predicted molar refractivity (Wildman–Crippen MR) is 91.9 cm³/mol. The van der Waals surface area contributed by atoms with Crippen molar-refractivity contribution < 1.29 is 23.9 Å². The first-order valence-corrected chi connectivity index (χ1v) is 9.42. The molecule has 0 unspecified atom stereocenters. The molecule has 3 fully saturated rings. The van der Waals surface area contributed by atoms with Gasteiger partial charge in [0, 0.05) is 6.04 Å². The van der Waals surface area contributed by atoms with Crippen molar-refractivity contribution in [3.63, 3.8) is 0 Å². The fourth-order valence-electron chi connectivity index (χ4n) is 3.97. The summed E-state index contributed by atoms with van der Waals surface area (Å²) in [6.07, 6.45) is 5.56. The highest BCUT2D eigenvalue weighted by atomic mass is 16.5. The van der Waals surface area contributed by atoms with E-state index >= 15 is 0 Å². The van der Waals surface area contributed by atoms with Gasteiger partial charge in [-0.15, -0.1) is 0 Å². The second kappa shape index (κ2) is 7.25. The third-order valence-electron chi connectivity index (χ3n) is 5.87. The third-order valence-corrected chi connectivity index (χ3v) is 5.87. The van der Waals surface area contributed by atoms with Gasteiger partial charge in [0.1, 0.15) is 12.1 Å². The Morgan fingerprint density at radius 3 is 2.69 bits per heavy atom. The van der Waals surface area contributed by atoms with Crippen LogP contribution in [0.5, 0.6) is 0 Å². The maximum absolute atomic E-state index is 12.8. The Kier molecular flexibility index (Phi) is 5.20. The zero-order chi connectivity index (χ0) is 18.9. The van der Waals surface area contributed by atoms with Crippen LogP contribution < -0.4 is 10.6 Å². The highest BCUT2D eigenvalue weighted by Gasteiger charge is 2.55. The highest BCUT2D eigenvalue weighted by Crippen LogP contribution is 2.38. The van der Waals surface area contributed by atoms with Crippen LogP contribution in [0.4, 0.5) is 4.79 Å². The maximum atomic E-state index is 12.8. The van der Waals surface area contributed by atoms with Gasteiger partial charge >= 0.3 is 12.0 Å². The van der Waals surface area contributed by atoms with Crippen molar-refractivity contribution in [2.24, 2.45) is 11.8 Å². The Balaban J connectivity index is 1.50. The number of nitrogens with one attached hydrogen (secondary N) is 2. The number of rotatable bonds is 6. The molecular weight excluding hydrogens is 338 g/mol. The molecule has 0 aromatic carbocycles. The molecule has 8 heteroatoms. The predicted octanol–water partition coefficient (Wildman–Crippen LogP) is 0.945. The molecule has 3 atom stereocenters. The van der Waals surface area contributed by atoms with E-state index in [1.165, 1.54) is 0 Å². The summed E-state index contributed by atoms with van der Waals surface area (Å²) in [6.45, 7) is 3.01. The van der Waals surface area contributed by atoms with Crippen LogP contribution in [0.15, 0.2) is 0 Å². The topological polar surface area (TPSA) is 105 Å². The lowest BCUT2D eigenvalue weighted by atomic mass is 9.73. The van der Waals surface area contributed by atoms with Gasteiger partial charge in [-0.25, -0.2) is 4.79 Å². The third kappa shape index (κ3) is 3.68. The lowest BCUT2D eigenvalue weighted by Crippen LogP contribution is -2.54. The number of ether oxygens (including phenoxy) is 1. The van der Waals surface area contributed by atoms with Crippen LogP contribution in [-0.2, 0) is 19.1 Å². The minimum atomic E-state index is -0.896. The van der Waals surface area contributed by atoms with Crippen LogP contribution in [0.2, 0.25) is 0 Å². The highest BCUT2D eigenvalue weighted by molar-refractivity contribution is 6.09. The summed E-state index contributed by atoms with van der Waals surface area (Å²) in [5, 5.41) is 5.57. The molecule has 2 aliphatic carbocycles. The Labute approximate surface area is 153 Å². The van der Waals surface area contributed by atoms with Crippen molar-refractivity contribution >= 4 is 23.8 Å². The van der Waals surface area contributed by atoms with Gasteiger partial charge in [0.25, 0.3) is 11.8 Å². The van der Waals surface area contributed by atoms with Gasteiger partial charge in [-0.2, -0.15) is 0 Å². The van der Waals surface area contributed by atoms with E-state index in [4.69, 9.17) is 4.74 Å². The van der Waals surface area contributed by atoms with E-state index < -0.39 is 30.7 Å². The van der Waals surface area contributed by atoms with Crippen molar-refractivity contribution in [1.82, 2.24) is 15.5 Å². The van der Waals surface area contributed by atoms with Gasteiger partial charge in [0.05, 0.1) is 0 Å². The largest absolute Gasteiger partial charge is 0.454 e. The Morgan fingerprint density at radius 2 is 2.04 bits per heavy atom. The molecular formula is C18H27N3O5. The Hall–Kier alpha value is -2.12. The summed E-state index contributed by atoms with van der Waals surface area (Å²) >= 11 is 0. The smallest absolute Gasteiger partial charge is 0.326 e. The molecule has 2 saturated carbocycles. The van der Waals surface area contributed by atoms with E-state index in [1.807, 2.05) is 13.8 Å². The zero-order valence-electron chi connectivity index (χ0n) is 15.4. The first-order chi connectivity index (χ1) is 12.3. The Bertz CT molecular complexity index is 618. The van der Waals surface area contributed by atoms with E-state index in [0.717, 1.165) is 37.0 Å². The number of amides is 4. The van der Waals surface area contributed by atoms with Crippen molar-refractivity contribution in [2.45, 2.75) is 64.0 Å². The number of carbonyl (C=O) groups is 4. The number of esters is 1. The zero-order valence-corrected chi connectivity index (χ0v) is 15.4. The van der Waals surface area contributed by atoms with Crippen molar-refractivity contribution in [1.29, 1.82) is 0 Å². The van der Waals surface area contributed by atoms with Crippen LogP contribution in [0.1, 0.15) is 52.4 Å². The SMILES string of the molecule is C[C@H](NC(=O)COC(=O)CN1C(=O)N[C@@]2(CCCC[C@H]2C)C1=O)C1CC1. The van der Waals surface area contributed by atoms with Gasteiger partial charge < -0.3 is 15.4 Å². The standard InChI is InChI=1S/C18H27N3O5/c1-11-5-3-4-8-18(11)16(24)21(17(25)20-18)9-15(23)26-10-14(22)19-12(2)13-6-7-13/h11-13H,3-10H2,1-2H3,(H,19,22)(H,20,25)/t11-,12+,18-/m1/s1. The van der Waals surface area contributed by atoms with Gasteiger partial charge in [-0.05, 0) is 44.4 Å². The van der Waals surface area contributed by atoms with Crippen molar-refractivity contribution in [3.05, 3.63) is 0 Å². The van der Waals surface area contributed by atoms with Crippen molar-refractivity contribution in [3.8, 4) is 0 Å². The fourth-order valence-corrected chi connectivity index (χ4v) is 3.97. The summed E-state index contributed by atoms with van der Waals surface area (Å²) in [4.78, 5) is 49.7. The molecule has 26 heavy (non-hydrogen) atoms. The molecule has 1 heterocycles. The van der Waals surface area contributed by atoms with Crippen LogP contribution in [0.25, 0.3) is 0 Å².